The Morgan fingerprint density at radius 2 is 2.22 bits per heavy atom. The Hall–Kier alpha value is -0.700. The molecule has 0 aliphatic carbocycles. The van der Waals surface area contributed by atoms with Crippen molar-refractivity contribution < 1.29 is 8.42 Å². The van der Waals surface area contributed by atoms with E-state index >= 15 is 0 Å². The van der Waals surface area contributed by atoms with Crippen molar-refractivity contribution in [2.45, 2.75) is 18.9 Å². The highest BCUT2D eigenvalue weighted by Gasteiger charge is 2.28. The molecule has 1 aromatic rings. The molecule has 6 nitrogen and oxygen atoms in total. The summed E-state index contributed by atoms with van der Waals surface area (Å²) in [4.78, 5) is 0.237. The van der Waals surface area contributed by atoms with Crippen LogP contribution in [0.3, 0.4) is 0 Å². The van der Waals surface area contributed by atoms with Gasteiger partial charge in [0.05, 0.1) is 16.2 Å². The van der Waals surface area contributed by atoms with Gasteiger partial charge in [-0.25, -0.2) is 13.1 Å². The second kappa shape index (κ2) is 5.12. The molecule has 0 aromatic carbocycles. The minimum absolute atomic E-state index is 0.0677. The number of hydrogen-bond acceptors (Lipinski definition) is 4. The fraction of sp³-hybridized carbons (Fsp3) is 0.556. The molecule has 0 saturated heterocycles. The van der Waals surface area contributed by atoms with Crippen molar-refractivity contribution in [2.24, 2.45) is 18.2 Å². The summed E-state index contributed by atoms with van der Waals surface area (Å²) in [5.74, 6) is 0. The summed E-state index contributed by atoms with van der Waals surface area (Å²) in [5, 5.41) is 3.76. The van der Waals surface area contributed by atoms with Gasteiger partial charge in [-0.2, -0.15) is 5.10 Å². The molecule has 0 fully saturated rings. The average molecular weight is 311 g/mol. The average Bonchev–Trinajstić information content (AvgIpc) is 2.56. The van der Waals surface area contributed by atoms with E-state index in [0.29, 0.717) is 0 Å². The molecule has 0 radical (unpaired) electrons. The predicted molar refractivity (Wildman–Crippen MR) is 74.0 cm³/mol. The van der Waals surface area contributed by atoms with E-state index in [9.17, 15) is 8.42 Å². The number of sulfonamides is 1. The lowest BCUT2D eigenvalue weighted by molar-refractivity contribution is 0.497. The highest BCUT2D eigenvalue weighted by atomic mass is 35.5. The quantitative estimate of drug-likeness (QED) is 0.780. The molecule has 3 N–H and O–H groups in total. The molecule has 1 aromatic heterocycles. The first-order chi connectivity index (χ1) is 8.08. The van der Waals surface area contributed by atoms with Gasteiger partial charge in [-0.05, 0) is 0 Å². The smallest absolute Gasteiger partial charge is 0.259 e. The zero-order valence-corrected chi connectivity index (χ0v) is 12.7. The highest BCUT2D eigenvalue weighted by Crippen LogP contribution is 2.21. The van der Waals surface area contributed by atoms with Crippen molar-refractivity contribution >= 4 is 38.8 Å². The second-order valence-electron chi connectivity index (χ2n) is 4.49. The van der Waals surface area contributed by atoms with Gasteiger partial charge in [-0.3, -0.25) is 4.68 Å². The first-order valence-corrected chi connectivity index (χ1v) is 7.32. The fourth-order valence-corrected chi connectivity index (χ4v) is 3.07. The van der Waals surface area contributed by atoms with Crippen LogP contribution in [0.1, 0.15) is 13.8 Å². The number of rotatable bonds is 5. The molecule has 0 spiro atoms. The van der Waals surface area contributed by atoms with Crippen LogP contribution in [0.5, 0.6) is 0 Å². The summed E-state index contributed by atoms with van der Waals surface area (Å²) >= 11 is 10.7. The summed E-state index contributed by atoms with van der Waals surface area (Å²) in [7, 11) is -2.24. The number of thiocarbonyl (C=S) groups is 1. The Balaban J connectivity index is 2.95. The van der Waals surface area contributed by atoms with E-state index in [1.807, 2.05) is 0 Å². The minimum atomic E-state index is -3.74. The molecule has 0 amide bonds. The van der Waals surface area contributed by atoms with Gasteiger partial charge in [0.15, 0.2) is 5.03 Å². The summed E-state index contributed by atoms with van der Waals surface area (Å²) in [6.07, 6.45) is 1.27. The van der Waals surface area contributed by atoms with E-state index < -0.39 is 15.4 Å². The van der Waals surface area contributed by atoms with E-state index in [-0.39, 0.29) is 21.6 Å². The molecular formula is C9H15ClN4O2S2. The zero-order chi connectivity index (χ0) is 14.1. The molecule has 0 bridgehead atoms. The number of nitrogens with zero attached hydrogens (tertiary/aromatic N) is 2. The van der Waals surface area contributed by atoms with Crippen molar-refractivity contribution in [1.82, 2.24) is 14.5 Å². The number of halogens is 1. The van der Waals surface area contributed by atoms with Gasteiger partial charge in [0.2, 0.25) is 0 Å². The first kappa shape index (κ1) is 15.4. The molecule has 0 aliphatic heterocycles. The SMILES string of the molecule is Cn1ncc(Cl)c1S(=O)(=O)NCC(C)(C)C(N)=S. The summed E-state index contributed by atoms with van der Waals surface area (Å²) < 4.78 is 27.7. The first-order valence-electron chi connectivity index (χ1n) is 5.05. The van der Waals surface area contributed by atoms with Crippen LogP contribution in [0.15, 0.2) is 11.2 Å². The van der Waals surface area contributed by atoms with Crippen molar-refractivity contribution in [3.63, 3.8) is 0 Å². The van der Waals surface area contributed by atoms with Gasteiger partial charge < -0.3 is 5.73 Å². The molecule has 18 heavy (non-hydrogen) atoms. The topological polar surface area (TPSA) is 90.0 Å². The lowest BCUT2D eigenvalue weighted by atomic mass is 9.94. The normalized spacial score (nSPS) is 12.7. The lowest BCUT2D eigenvalue weighted by Crippen LogP contribution is -2.41. The van der Waals surface area contributed by atoms with Gasteiger partial charge in [0.25, 0.3) is 10.0 Å². The number of hydrogen-bond donors (Lipinski definition) is 2. The molecule has 1 rings (SSSR count). The van der Waals surface area contributed by atoms with Gasteiger partial charge in [0, 0.05) is 19.0 Å². The fourth-order valence-electron chi connectivity index (χ4n) is 1.13. The van der Waals surface area contributed by atoms with E-state index in [1.165, 1.54) is 17.9 Å². The van der Waals surface area contributed by atoms with Crippen LogP contribution in [0.4, 0.5) is 0 Å². The number of nitrogens with two attached hydrogens (primary N) is 1. The maximum atomic E-state index is 12.1. The third-order valence-electron chi connectivity index (χ3n) is 2.47. The van der Waals surface area contributed by atoms with E-state index in [4.69, 9.17) is 29.6 Å². The molecule has 9 heteroatoms. The lowest BCUT2D eigenvalue weighted by Gasteiger charge is -2.23. The van der Waals surface area contributed by atoms with Gasteiger partial charge in [0.1, 0.15) is 0 Å². The van der Waals surface area contributed by atoms with Crippen LogP contribution in [0.25, 0.3) is 0 Å². The molecular weight excluding hydrogens is 296 g/mol. The van der Waals surface area contributed by atoms with Crippen molar-refractivity contribution in [1.29, 1.82) is 0 Å². The molecule has 0 aliphatic rings. The van der Waals surface area contributed by atoms with E-state index in [0.717, 1.165) is 0 Å². The van der Waals surface area contributed by atoms with Crippen molar-refractivity contribution in [3.05, 3.63) is 11.2 Å². The molecule has 0 atom stereocenters. The Bertz CT molecular complexity index is 546. The van der Waals surface area contributed by atoms with Gasteiger partial charge >= 0.3 is 0 Å². The Labute approximate surface area is 117 Å². The van der Waals surface area contributed by atoms with Gasteiger partial charge in [-0.1, -0.05) is 37.7 Å². The third-order valence-corrected chi connectivity index (χ3v) is 4.93. The number of aromatic nitrogens is 2. The van der Waals surface area contributed by atoms with E-state index in [2.05, 4.69) is 9.82 Å². The van der Waals surface area contributed by atoms with Crippen LogP contribution in [-0.4, -0.2) is 29.7 Å². The summed E-state index contributed by atoms with van der Waals surface area (Å²) in [6.45, 7) is 3.59. The van der Waals surface area contributed by atoms with Crippen LogP contribution in [0.2, 0.25) is 5.02 Å². The summed E-state index contributed by atoms with van der Waals surface area (Å²) in [5.41, 5.74) is 4.91. The van der Waals surface area contributed by atoms with Crippen LogP contribution in [0, 0.1) is 5.41 Å². The number of nitrogens with one attached hydrogen (secondary N) is 1. The van der Waals surface area contributed by atoms with E-state index in [1.54, 1.807) is 13.8 Å². The van der Waals surface area contributed by atoms with Crippen LogP contribution < -0.4 is 10.5 Å². The third kappa shape index (κ3) is 3.19. The largest absolute Gasteiger partial charge is 0.393 e. The molecule has 0 unspecified atom stereocenters. The van der Waals surface area contributed by atoms with Crippen LogP contribution in [-0.2, 0) is 17.1 Å². The Morgan fingerprint density at radius 3 is 2.61 bits per heavy atom. The molecule has 0 saturated carbocycles. The maximum absolute atomic E-state index is 12.1. The Kier molecular flexibility index (Phi) is 4.37. The van der Waals surface area contributed by atoms with Crippen molar-refractivity contribution in [3.8, 4) is 0 Å². The van der Waals surface area contributed by atoms with Crippen LogP contribution >= 0.6 is 23.8 Å². The molecule has 102 valence electrons. The highest BCUT2D eigenvalue weighted by molar-refractivity contribution is 7.89. The monoisotopic (exact) mass is 310 g/mol. The minimum Gasteiger partial charge on any atom is -0.393 e. The van der Waals surface area contributed by atoms with Gasteiger partial charge in [-0.15, -0.1) is 0 Å². The second-order valence-corrected chi connectivity index (χ2v) is 7.02. The predicted octanol–water partition coefficient (Wildman–Crippen LogP) is 0.664. The zero-order valence-electron chi connectivity index (χ0n) is 10.3. The van der Waals surface area contributed by atoms with Crippen molar-refractivity contribution in [2.75, 3.05) is 6.54 Å². The number of aryl methyl sites for hydroxylation is 1. The summed E-state index contributed by atoms with van der Waals surface area (Å²) in [6, 6.07) is 0. The maximum Gasteiger partial charge on any atom is 0.259 e. The Morgan fingerprint density at radius 1 is 1.67 bits per heavy atom. The standard InChI is InChI=1S/C9H15ClN4O2S2/c1-9(2,8(11)17)5-13-18(15,16)7-6(10)4-12-14(7)3/h4,13H,5H2,1-3H3,(H2,11,17). The molecule has 1 heterocycles.